The highest BCUT2D eigenvalue weighted by Crippen LogP contribution is 2.20. The van der Waals surface area contributed by atoms with Gasteiger partial charge in [-0.25, -0.2) is 26.3 Å². The van der Waals surface area contributed by atoms with Gasteiger partial charge in [-0.15, -0.1) is 0 Å². The summed E-state index contributed by atoms with van der Waals surface area (Å²) in [5, 5.41) is 0. The number of sulfonamides is 1. The van der Waals surface area contributed by atoms with Gasteiger partial charge in [-0.3, -0.25) is 0 Å². The van der Waals surface area contributed by atoms with Crippen molar-refractivity contribution in [2.45, 2.75) is 31.7 Å². The van der Waals surface area contributed by atoms with Gasteiger partial charge in [0, 0.05) is 6.04 Å². The third-order valence-corrected chi connectivity index (χ3v) is 4.21. The molecule has 0 bridgehead atoms. The lowest BCUT2D eigenvalue weighted by atomic mass is 10.1. The summed E-state index contributed by atoms with van der Waals surface area (Å²) < 4.78 is 64.8. The molecule has 7 heteroatoms. The third-order valence-electron chi connectivity index (χ3n) is 2.63. The fourth-order valence-corrected chi connectivity index (χ4v) is 2.62. The Hall–Kier alpha value is -1.08. The van der Waals surface area contributed by atoms with Crippen molar-refractivity contribution in [3.05, 3.63) is 29.6 Å². The van der Waals surface area contributed by atoms with Gasteiger partial charge in [0.2, 0.25) is 10.0 Å². The zero-order chi connectivity index (χ0) is 14.1. The van der Waals surface area contributed by atoms with Crippen molar-refractivity contribution >= 4 is 10.0 Å². The number of halogens is 3. The van der Waals surface area contributed by atoms with Crippen molar-refractivity contribution < 1.29 is 21.6 Å². The van der Waals surface area contributed by atoms with Gasteiger partial charge in [0.1, 0.15) is 4.90 Å². The average Bonchev–Trinajstić information content (AvgIpc) is 2.24. The van der Waals surface area contributed by atoms with Crippen LogP contribution in [-0.4, -0.2) is 14.5 Å². The van der Waals surface area contributed by atoms with E-state index in [1.165, 1.54) is 0 Å². The maximum atomic E-state index is 13.4. The first-order valence-corrected chi connectivity index (χ1v) is 6.81. The van der Waals surface area contributed by atoms with Crippen LogP contribution in [0.15, 0.2) is 17.0 Å². The molecule has 0 spiro atoms. The van der Waals surface area contributed by atoms with Gasteiger partial charge in [-0.1, -0.05) is 13.8 Å². The van der Waals surface area contributed by atoms with Gasteiger partial charge < -0.3 is 0 Å². The van der Waals surface area contributed by atoms with Crippen molar-refractivity contribution in [3.63, 3.8) is 0 Å². The Bertz CT molecular complexity index is 543. The Morgan fingerprint density at radius 1 is 1.06 bits per heavy atom. The number of rotatable bonds is 4. The minimum atomic E-state index is -4.21. The van der Waals surface area contributed by atoms with Crippen LogP contribution >= 0.6 is 0 Å². The second kappa shape index (κ2) is 5.27. The Kier molecular flexibility index (Phi) is 4.39. The molecule has 3 nitrogen and oxygen atoms in total. The minimum absolute atomic E-state index is 0.0202. The topological polar surface area (TPSA) is 46.2 Å². The van der Waals surface area contributed by atoms with E-state index >= 15 is 0 Å². The largest absolute Gasteiger partial charge is 0.243 e. The standard InChI is InChI=1S/C11H14F3NO2S/c1-6(2)7(3)15-18(16,17)9-5-4-8(12)10(13)11(9)14/h4-7,15H,1-3H3. The maximum absolute atomic E-state index is 13.4. The number of hydrogen-bond acceptors (Lipinski definition) is 2. The number of benzene rings is 1. The van der Waals surface area contributed by atoms with E-state index < -0.39 is 38.4 Å². The van der Waals surface area contributed by atoms with Crippen LogP contribution in [0.3, 0.4) is 0 Å². The van der Waals surface area contributed by atoms with E-state index in [0.29, 0.717) is 12.1 Å². The maximum Gasteiger partial charge on any atom is 0.243 e. The monoisotopic (exact) mass is 281 g/mol. The van der Waals surface area contributed by atoms with E-state index in [9.17, 15) is 21.6 Å². The first kappa shape index (κ1) is 15.0. The fraction of sp³-hybridized carbons (Fsp3) is 0.455. The smallest absolute Gasteiger partial charge is 0.208 e. The molecule has 0 heterocycles. The molecule has 0 fully saturated rings. The summed E-state index contributed by atoms with van der Waals surface area (Å²) in [6.45, 7) is 5.14. The van der Waals surface area contributed by atoms with E-state index in [0.717, 1.165) is 0 Å². The molecular formula is C11H14F3NO2S. The molecule has 0 radical (unpaired) electrons. The molecule has 0 amide bonds. The van der Waals surface area contributed by atoms with Gasteiger partial charge in [0.05, 0.1) is 0 Å². The molecule has 102 valence electrons. The summed E-state index contributed by atoms with van der Waals surface area (Å²) in [5.41, 5.74) is 0. The van der Waals surface area contributed by atoms with Gasteiger partial charge in [-0.05, 0) is 25.0 Å². The van der Waals surface area contributed by atoms with E-state index in [4.69, 9.17) is 0 Å². The van der Waals surface area contributed by atoms with Crippen LogP contribution in [0.5, 0.6) is 0 Å². The fourth-order valence-electron chi connectivity index (χ4n) is 1.16. The van der Waals surface area contributed by atoms with Crippen molar-refractivity contribution in [2.24, 2.45) is 5.92 Å². The Balaban J connectivity index is 3.18. The van der Waals surface area contributed by atoms with Gasteiger partial charge in [0.15, 0.2) is 17.5 Å². The Labute approximate surface area is 104 Å². The van der Waals surface area contributed by atoms with Crippen LogP contribution in [0.4, 0.5) is 13.2 Å². The summed E-state index contributed by atoms with van der Waals surface area (Å²) in [5.74, 6) is -4.95. The highest BCUT2D eigenvalue weighted by Gasteiger charge is 2.26. The molecule has 1 aromatic carbocycles. The molecule has 0 aliphatic heterocycles. The summed E-state index contributed by atoms with van der Waals surface area (Å²) in [4.78, 5) is -0.895. The molecule has 0 saturated heterocycles. The van der Waals surface area contributed by atoms with Crippen molar-refractivity contribution in [3.8, 4) is 0 Å². The molecule has 1 rings (SSSR count). The van der Waals surface area contributed by atoms with Crippen molar-refractivity contribution in [2.75, 3.05) is 0 Å². The third kappa shape index (κ3) is 3.02. The zero-order valence-corrected chi connectivity index (χ0v) is 11.0. The second-order valence-corrected chi connectivity index (χ2v) is 6.01. The van der Waals surface area contributed by atoms with Gasteiger partial charge in [-0.2, -0.15) is 0 Å². The van der Waals surface area contributed by atoms with Crippen molar-refractivity contribution in [1.82, 2.24) is 4.72 Å². The first-order chi connectivity index (χ1) is 8.16. The highest BCUT2D eigenvalue weighted by atomic mass is 32.2. The van der Waals surface area contributed by atoms with E-state index in [1.807, 2.05) is 0 Å². The minimum Gasteiger partial charge on any atom is -0.208 e. The SMILES string of the molecule is CC(C)C(C)NS(=O)(=O)c1ccc(F)c(F)c1F. The second-order valence-electron chi connectivity index (χ2n) is 4.33. The Morgan fingerprint density at radius 2 is 1.61 bits per heavy atom. The van der Waals surface area contributed by atoms with E-state index in [2.05, 4.69) is 4.72 Å². The molecule has 1 unspecified atom stereocenters. The normalized spacial score (nSPS) is 13.9. The van der Waals surface area contributed by atoms with E-state index in [1.54, 1.807) is 20.8 Å². The summed E-state index contributed by atoms with van der Waals surface area (Å²) in [6.07, 6.45) is 0. The quantitative estimate of drug-likeness (QED) is 0.862. The summed E-state index contributed by atoms with van der Waals surface area (Å²) in [6, 6.07) is 0.818. The van der Waals surface area contributed by atoms with Crippen molar-refractivity contribution in [1.29, 1.82) is 0 Å². The number of hydrogen-bond donors (Lipinski definition) is 1. The number of nitrogens with one attached hydrogen (secondary N) is 1. The van der Waals surface area contributed by atoms with Crippen LogP contribution in [0, 0.1) is 23.4 Å². The van der Waals surface area contributed by atoms with E-state index in [-0.39, 0.29) is 5.92 Å². The Morgan fingerprint density at radius 3 is 2.11 bits per heavy atom. The molecule has 0 aliphatic rings. The molecule has 0 aliphatic carbocycles. The lowest BCUT2D eigenvalue weighted by molar-refractivity contribution is 0.428. The van der Waals surface area contributed by atoms with Crippen LogP contribution in [-0.2, 0) is 10.0 Å². The van der Waals surface area contributed by atoms with Crippen LogP contribution in [0.2, 0.25) is 0 Å². The molecule has 0 aromatic heterocycles. The van der Waals surface area contributed by atoms with Crippen LogP contribution in [0.1, 0.15) is 20.8 Å². The highest BCUT2D eigenvalue weighted by molar-refractivity contribution is 7.89. The van der Waals surface area contributed by atoms with Crippen LogP contribution < -0.4 is 4.72 Å². The lowest BCUT2D eigenvalue weighted by Gasteiger charge is -2.17. The average molecular weight is 281 g/mol. The molecule has 1 N–H and O–H groups in total. The predicted octanol–water partition coefficient (Wildman–Crippen LogP) is 2.43. The predicted molar refractivity (Wildman–Crippen MR) is 60.9 cm³/mol. The zero-order valence-electron chi connectivity index (χ0n) is 10.2. The molecule has 0 saturated carbocycles. The van der Waals surface area contributed by atoms with Gasteiger partial charge in [0.25, 0.3) is 0 Å². The molecule has 1 aromatic rings. The first-order valence-electron chi connectivity index (χ1n) is 5.32. The lowest BCUT2D eigenvalue weighted by Crippen LogP contribution is -2.36. The molecular weight excluding hydrogens is 267 g/mol. The summed E-state index contributed by atoms with van der Waals surface area (Å²) >= 11 is 0. The molecule has 18 heavy (non-hydrogen) atoms. The summed E-state index contributed by atoms with van der Waals surface area (Å²) in [7, 11) is -4.21. The van der Waals surface area contributed by atoms with Gasteiger partial charge >= 0.3 is 0 Å². The van der Waals surface area contributed by atoms with Crippen LogP contribution in [0.25, 0.3) is 0 Å². The molecule has 1 atom stereocenters.